The summed E-state index contributed by atoms with van der Waals surface area (Å²) in [5.74, 6) is 0.0557. The largest absolute Gasteiger partial charge is 0.376 e. The standard InChI is InChI=1S/C23H29N5O2/c29-22(6-4-13-27-11-1-2-12-27)28-14-3-5-20(17-28)26-21-15-19(16-25-23(21)30)18-7-9-24-10-8-18/h4,6-10,15-16,20,26H,1-3,5,11-14,17H2,(H,25,30)/b6-4+. The minimum Gasteiger partial charge on any atom is -0.376 e. The van der Waals surface area contributed by atoms with Crippen molar-refractivity contribution >= 4 is 11.6 Å². The zero-order valence-corrected chi connectivity index (χ0v) is 17.2. The Morgan fingerprint density at radius 1 is 1.17 bits per heavy atom. The molecule has 2 saturated heterocycles. The number of piperidine rings is 1. The van der Waals surface area contributed by atoms with E-state index in [9.17, 15) is 9.59 Å². The first kappa shape index (κ1) is 20.3. The van der Waals surface area contributed by atoms with E-state index in [0.29, 0.717) is 12.2 Å². The Morgan fingerprint density at radius 2 is 1.97 bits per heavy atom. The molecule has 0 aliphatic carbocycles. The molecule has 2 aromatic rings. The molecule has 2 aromatic heterocycles. The van der Waals surface area contributed by atoms with Gasteiger partial charge in [0, 0.05) is 55.9 Å². The fourth-order valence-corrected chi connectivity index (χ4v) is 4.19. The number of anilines is 1. The van der Waals surface area contributed by atoms with Crippen LogP contribution in [-0.2, 0) is 4.79 Å². The Kier molecular flexibility index (Phi) is 6.59. The number of carbonyl (C=O) groups excluding carboxylic acids is 1. The number of aromatic nitrogens is 2. The molecule has 30 heavy (non-hydrogen) atoms. The summed E-state index contributed by atoms with van der Waals surface area (Å²) in [7, 11) is 0. The zero-order chi connectivity index (χ0) is 20.8. The van der Waals surface area contributed by atoms with E-state index in [2.05, 4.69) is 20.2 Å². The van der Waals surface area contributed by atoms with Gasteiger partial charge in [-0.25, -0.2) is 0 Å². The van der Waals surface area contributed by atoms with E-state index in [4.69, 9.17) is 0 Å². The summed E-state index contributed by atoms with van der Waals surface area (Å²) >= 11 is 0. The fraction of sp³-hybridized carbons (Fsp3) is 0.435. The highest BCUT2D eigenvalue weighted by Crippen LogP contribution is 2.20. The minimum atomic E-state index is -0.151. The quantitative estimate of drug-likeness (QED) is 0.719. The maximum atomic E-state index is 12.6. The van der Waals surface area contributed by atoms with Crippen molar-refractivity contribution in [1.82, 2.24) is 19.8 Å². The van der Waals surface area contributed by atoms with Crippen LogP contribution in [-0.4, -0.2) is 64.4 Å². The molecule has 2 aliphatic heterocycles. The van der Waals surface area contributed by atoms with Gasteiger partial charge in [-0.3, -0.25) is 19.5 Å². The van der Waals surface area contributed by atoms with E-state index in [-0.39, 0.29) is 17.5 Å². The molecule has 4 heterocycles. The Balaban J connectivity index is 1.37. The van der Waals surface area contributed by atoms with Crippen molar-refractivity contribution in [3.63, 3.8) is 0 Å². The predicted molar refractivity (Wildman–Crippen MR) is 118 cm³/mol. The van der Waals surface area contributed by atoms with Crippen molar-refractivity contribution in [2.75, 3.05) is 38.0 Å². The van der Waals surface area contributed by atoms with Gasteiger partial charge >= 0.3 is 0 Å². The third kappa shape index (κ3) is 5.16. The monoisotopic (exact) mass is 407 g/mol. The molecule has 158 valence electrons. The predicted octanol–water partition coefficient (Wildman–Crippen LogP) is 2.49. The topological polar surface area (TPSA) is 81.3 Å². The maximum absolute atomic E-state index is 12.6. The molecule has 1 atom stereocenters. The number of H-pyrrole nitrogens is 1. The lowest BCUT2D eigenvalue weighted by atomic mass is 10.0. The van der Waals surface area contributed by atoms with E-state index in [0.717, 1.165) is 50.1 Å². The molecule has 7 heteroatoms. The summed E-state index contributed by atoms with van der Waals surface area (Å²) in [5, 5.41) is 3.36. The van der Waals surface area contributed by atoms with Crippen LogP contribution in [0.2, 0.25) is 0 Å². The first-order chi connectivity index (χ1) is 14.7. The van der Waals surface area contributed by atoms with Crippen LogP contribution in [0.5, 0.6) is 0 Å². The molecule has 0 aromatic carbocycles. The number of hydrogen-bond acceptors (Lipinski definition) is 5. The van der Waals surface area contributed by atoms with Crippen LogP contribution in [0, 0.1) is 0 Å². The summed E-state index contributed by atoms with van der Waals surface area (Å²) in [5.41, 5.74) is 2.30. The lowest BCUT2D eigenvalue weighted by Crippen LogP contribution is -2.45. The van der Waals surface area contributed by atoms with E-state index >= 15 is 0 Å². The van der Waals surface area contributed by atoms with Gasteiger partial charge in [0.05, 0.1) is 0 Å². The van der Waals surface area contributed by atoms with Gasteiger partial charge in [0.15, 0.2) is 0 Å². The second-order valence-corrected chi connectivity index (χ2v) is 8.04. The average molecular weight is 408 g/mol. The normalized spacial score (nSPS) is 20.0. The summed E-state index contributed by atoms with van der Waals surface area (Å²) in [6, 6.07) is 5.74. The highest BCUT2D eigenvalue weighted by atomic mass is 16.2. The fourth-order valence-electron chi connectivity index (χ4n) is 4.19. The molecule has 0 spiro atoms. The molecule has 2 aliphatic rings. The lowest BCUT2D eigenvalue weighted by molar-refractivity contribution is -0.127. The third-order valence-corrected chi connectivity index (χ3v) is 5.83. The molecule has 0 saturated carbocycles. The molecule has 1 unspecified atom stereocenters. The first-order valence-corrected chi connectivity index (χ1v) is 10.8. The van der Waals surface area contributed by atoms with Crippen LogP contribution in [0.3, 0.4) is 0 Å². The van der Waals surface area contributed by atoms with Crippen LogP contribution < -0.4 is 10.9 Å². The van der Waals surface area contributed by atoms with E-state index < -0.39 is 0 Å². The molecule has 2 N–H and O–H groups in total. The first-order valence-electron chi connectivity index (χ1n) is 10.8. The molecule has 0 bridgehead atoms. The molecular weight excluding hydrogens is 378 g/mol. The number of aromatic amines is 1. The molecule has 7 nitrogen and oxygen atoms in total. The highest BCUT2D eigenvalue weighted by molar-refractivity contribution is 5.87. The summed E-state index contributed by atoms with van der Waals surface area (Å²) < 4.78 is 0. The van der Waals surface area contributed by atoms with E-state index in [1.807, 2.05) is 29.2 Å². The van der Waals surface area contributed by atoms with Crippen molar-refractivity contribution in [2.24, 2.45) is 0 Å². The van der Waals surface area contributed by atoms with Gasteiger partial charge in [0.1, 0.15) is 5.69 Å². The molecule has 1 amide bonds. The summed E-state index contributed by atoms with van der Waals surface area (Å²) in [6.07, 6.45) is 13.2. The van der Waals surface area contributed by atoms with Gasteiger partial charge in [0.25, 0.3) is 5.56 Å². The smallest absolute Gasteiger partial charge is 0.271 e. The Morgan fingerprint density at radius 3 is 2.77 bits per heavy atom. The van der Waals surface area contributed by atoms with Crippen molar-refractivity contribution in [1.29, 1.82) is 0 Å². The van der Waals surface area contributed by atoms with Gasteiger partial charge in [0.2, 0.25) is 5.91 Å². The number of rotatable bonds is 6. The third-order valence-electron chi connectivity index (χ3n) is 5.83. The van der Waals surface area contributed by atoms with Crippen LogP contribution >= 0.6 is 0 Å². The number of carbonyl (C=O) groups is 1. The Bertz CT molecular complexity index is 934. The van der Waals surface area contributed by atoms with Gasteiger partial charge in [-0.1, -0.05) is 6.08 Å². The average Bonchev–Trinajstić information content (AvgIpc) is 3.29. The van der Waals surface area contributed by atoms with Crippen molar-refractivity contribution in [3.05, 3.63) is 59.3 Å². The van der Waals surface area contributed by atoms with Crippen molar-refractivity contribution < 1.29 is 4.79 Å². The SMILES string of the molecule is O=C(/C=C/CN1CCCC1)N1CCCC(Nc2cc(-c3ccncc3)c[nH]c2=O)C1. The second kappa shape index (κ2) is 9.71. The zero-order valence-electron chi connectivity index (χ0n) is 17.2. The second-order valence-electron chi connectivity index (χ2n) is 8.04. The highest BCUT2D eigenvalue weighted by Gasteiger charge is 2.23. The molecule has 4 rings (SSSR count). The van der Waals surface area contributed by atoms with Gasteiger partial charge in [-0.15, -0.1) is 0 Å². The minimum absolute atomic E-state index is 0.0557. The van der Waals surface area contributed by atoms with Crippen LogP contribution in [0.1, 0.15) is 25.7 Å². The molecule has 2 fully saturated rings. The molecular formula is C23H29N5O2. The Labute approximate surface area is 176 Å². The number of nitrogens with one attached hydrogen (secondary N) is 2. The number of amides is 1. The van der Waals surface area contributed by atoms with Crippen LogP contribution in [0.4, 0.5) is 5.69 Å². The number of hydrogen-bond donors (Lipinski definition) is 2. The van der Waals surface area contributed by atoms with Gasteiger partial charge < -0.3 is 15.2 Å². The number of likely N-dealkylation sites (tertiary alicyclic amines) is 2. The summed E-state index contributed by atoms with van der Waals surface area (Å²) in [4.78, 5) is 36.0. The number of nitrogens with zero attached hydrogens (tertiary/aromatic N) is 3. The van der Waals surface area contributed by atoms with Crippen molar-refractivity contribution in [2.45, 2.75) is 31.7 Å². The number of pyridine rings is 2. The van der Waals surface area contributed by atoms with E-state index in [1.54, 1.807) is 24.7 Å². The maximum Gasteiger partial charge on any atom is 0.271 e. The van der Waals surface area contributed by atoms with Gasteiger partial charge in [-0.2, -0.15) is 0 Å². The van der Waals surface area contributed by atoms with Crippen molar-refractivity contribution in [3.8, 4) is 11.1 Å². The van der Waals surface area contributed by atoms with Crippen LogP contribution in [0.25, 0.3) is 11.1 Å². The van der Waals surface area contributed by atoms with Gasteiger partial charge in [-0.05, 0) is 62.5 Å². The Hall–Kier alpha value is -2.93. The van der Waals surface area contributed by atoms with E-state index in [1.165, 1.54) is 12.8 Å². The van der Waals surface area contributed by atoms with Crippen LogP contribution in [0.15, 0.2) is 53.7 Å². The molecule has 0 radical (unpaired) electrons. The lowest BCUT2D eigenvalue weighted by Gasteiger charge is -2.33. The summed E-state index contributed by atoms with van der Waals surface area (Å²) in [6.45, 7) is 4.46.